The number of amides is 1. The lowest BCUT2D eigenvalue weighted by Crippen LogP contribution is -2.35. The maximum atomic E-state index is 11.6. The van der Waals surface area contributed by atoms with E-state index in [0.717, 1.165) is 24.2 Å². The van der Waals surface area contributed by atoms with E-state index < -0.39 is 5.91 Å². The van der Waals surface area contributed by atoms with Crippen LogP contribution >= 0.6 is 0 Å². The summed E-state index contributed by atoms with van der Waals surface area (Å²) >= 11 is 0. The second-order valence-electron chi connectivity index (χ2n) is 5.81. The summed E-state index contributed by atoms with van der Waals surface area (Å²) < 4.78 is 0. The summed E-state index contributed by atoms with van der Waals surface area (Å²) in [5, 5.41) is 10.9. The van der Waals surface area contributed by atoms with Crippen LogP contribution in [0.3, 0.4) is 0 Å². The summed E-state index contributed by atoms with van der Waals surface area (Å²) in [6, 6.07) is 4.16. The molecule has 2 bridgehead atoms. The molecule has 106 valence electrons. The number of aromatic amines is 1. The van der Waals surface area contributed by atoms with Crippen LogP contribution in [0.1, 0.15) is 31.4 Å². The van der Waals surface area contributed by atoms with E-state index in [1.54, 1.807) is 6.20 Å². The molecule has 0 radical (unpaired) electrons. The second-order valence-corrected chi connectivity index (χ2v) is 5.81. The van der Waals surface area contributed by atoms with Crippen LogP contribution in [0.4, 0.5) is 0 Å². The van der Waals surface area contributed by atoms with Crippen molar-refractivity contribution in [2.45, 2.75) is 31.7 Å². The smallest absolute Gasteiger partial charge is 0.252 e. The highest BCUT2D eigenvalue weighted by atomic mass is 16.1. The monoisotopic (exact) mass is 272 g/mol. The van der Waals surface area contributed by atoms with E-state index in [0.29, 0.717) is 17.7 Å². The highest BCUT2D eigenvalue weighted by Gasteiger charge is 2.40. The molecule has 2 saturated carbocycles. The van der Waals surface area contributed by atoms with Crippen molar-refractivity contribution in [3.63, 3.8) is 0 Å². The average Bonchev–Trinajstić information content (AvgIpc) is 3.15. The van der Waals surface area contributed by atoms with Gasteiger partial charge in [-0.05, 0) is 43.2 Å². The fraction of sp³-hybridized carbons (Fsp3) is 0.467. The molecule has 2 fully saturated rings. The minimum atomic E-state index is -0.569. The molecule has 1 amide bonds. The lowest BCUT2D eigenvalue weighted by molar-refractivity contribution is -0.114. The van der Waals surface area contributed by atoms with Crippen LogP contribution in [0, 0.1) is 17.2 Å². The molecule has 0 spiro atoms. The van der Waals surface area contributed by atoms with Gasteiger partial charge in [-0.3, -0.25) is 4.79 Å². The van der Waals surface area contributed by atoms with Crippen LogP contribution in [0.15, 0.2) is 23.9 Å². The molecule has 2 aliphatic rings. The molecule has 0 aliphatic heterocycles. The van der Waals surface area contributed by atoms with Crippen LogP contribution in [-0.4, -0.2) is 23.1 Å². The van der Waals surface area contributed by atoms with Gasteiger partial charge in [-0.2, -0.15) is 0 Å². The number of hydrogen-bond donors (Lipinski definition) is 4. The van der Waals surface area contributed by atoms with E-state index in [1.165, 1.54) is 19.3 Å². The fourth-order valence-corrected chi connectivity index (χ4v) is 3.66. The lowest BCUT2D eigenvalue weighted by atomic mass is 9.94. The highest BCUT2D eigenvalue weighted by molar-refractivity contribution is 6.16. The van der Waals surface area contributed by atoms with Crippen molar-refractivity contribution in [2.24, 2.45) is 17.6 Å². The van der Waals surface area contributed by atoms with Gasteiger partial charge in [0, 0.05) is 18.5 Å². The summed E-state index contributed by atoms with van der Waals surface area (Å²) in [6.45, 7) is 0. The Morgan fingerprint density at radius 2 is 2.30 bits per heavy atom. The third-order valence-corrected chi connectivity index (χ3v) is 4.61. The third-order valence-electron chi connectivity index (χ3n) is 4.61. The van der Waals surface area contributed by atoms with Crippen molar-refractivity contribution in [3.05, 3.63) is 29.6 Å². The summed E-state index contributed by atoms with van der Waals surface area (Å²) in [4.78, 5) is 14.7. The van der Waals surface area contributed by atoms with Gasteiger partial charge in [-0.25, -0.2) is 0 Å². The average molecular weight is 272 g/mol. The van der Waals surface area contributed by atoms with Crippen molar-refractivity contribution >= 4 is 17.8 Å². The molecule has 2 aliphatic carbocycles. The van der Waals surface area contributed by atoms with Crippen molar-refractivity contribution < 1.29 is 4.79 Å². The van der Waals surface area contributed by atoms with Crippen LogP contribution in [0.25, 0.3) is 5.70 Å². The minimum Gasteiger partial charge on any atom is -0.380 e. The number of nitrogens with two attached hydrogens (primary N) is 1. The summed E-state index contributed by atoms with van der Waals surface area (Å²) in [5.74, 6) is 0.935. The van der Waals surface area contributed by atoms with E-state index in [-0.39, 0.29) is 5.57 Å². The number of fused-ring (bicyclic) bond motifs is 2. The Balaban J connectivity index is 1.90. The quantitative estimate of drug-likeness (QED) is 0.484. The number of primary amides is 1. The van der Waals surface area contributed by atoms with Gasteiger partial charge in [0.25, 0.3) is 5.91 Å². The normalized spacial score (nSPS) is 29.1. The number of nitrogens with one attached hydrogen (secondary N) is 3. The molecular formula is C15H20N4O. The number of rotatable bonds is 5. The number of H-pyrrole nitrogens is 1. The zero-order chi connectivity index (χ0) is 14.1. The zero-order valence-electron chi connectivity index (χ0n) is 11.4. The molecule has 0 aromatic carbocycles. The van der Waals surface area contributed by atoms with Gasteiger partial charge >= 0.3 is 0 Å². The van der Waals surface area contributed by atoms with Crippen LogP contribution < -0.4 is 11.1 Å². The van der Waals surface area contributed by atoms with Crippen molar-refractivity contribution in [3.8, 4) is 0 Å². The molecule has 5 N–H and O–H groups in total. The third kappa shape index (κ3) is 2.24. The maximum Gasteiger partial charge on any atom is 0.252 e. The molecule has 1 heterocycles. The Labute approximate surface area is 118 Å². The first-order chi connectivity index (χ1) is 9.69. The molecule has 3 rings (SSSR count). The van der Waals surface area contributed by atoms with E-state index in [1.807, 2.05) is 12.1 Å². The predicted molar refractivity (Wildman–Crippen MR) is 78.1 cm³/mol. The van der Waals surface area contributed by atoms with Gasteiger partial charge in [0.15, 0.2) is 0 Å². The Bertz CT molecular complexity index is 546. The molecule has 5 nitrogen and oxygen atoms in total. The van der Waals surface area contributed by atoms with Crippen LogP contribution in [0.5, 0.6) is 0 Å². The van der Waals surface area contributed by atoms with Gasteiger partial charge in [0.2, 0.25) is 0 Å². The summed E-state index contributed by atoms with van der Waals surface area (Å²) in [6.07, 6.45) is 7.87. The maximum absolute atomic E-state index is 11.6. The molecule has 1 aromatic rings. The Morgan fingerprint density at radius 1 is 1.45 bits per heavy atom. The number of carbonyl (C=O) groups excluding carboxylic acids is 1. The Morgan fingerprint density at radius 3 is 2.80 bits per heavy atom. The number of aromatic nitrogens is 1. The van der Waals surface area contributed by atoms with Gasteiger partial charge in [0.1, 0.15) is 0 Å². The lowest BCUT2D eigenvalue weighted by Gasteiger charge is -2.26. The SMILES string of the molecule is N=C/C(C(N)=O)=C(/N[C@H]1CC2CCC1C2)c1ccc[nH]1. The standard InChI is InChI=1S/C15H20N4O/c16-8-11(15(17)20)14(12-2-1-5-18-12)19-13-7-9-3-4-10(13)6-9/h1-2,5,8-10,13,16,18-19H,3-4,6-7H2,(H2,17,20)/b14-11-,16-8?/t9?,10?,13-/m0/s1. The van der Waals surface area contributed by atoms with Gasteiger partial charge < -0.3 is 21.4 Å². The molecule has 1 aromatic heterocycles. The molecular weight excluding hydrogens is 252 g/mol. The van der Waals surface area contributed by atoms with Crippen molar-refractivity contribution in [1.29, 1.82) is 5.41 Å². The van der Waals surface area contributed by atoms with E-state index in [4.69, 9.17) is 11.1 Å². The Hall–Kier alpha value is -2.04. The van der Waals surface area contributed by atoms with Gasteiger partial charge in [-0.15, -0.1) is 0 Å². The second kappa shape index (κ2) is 5.15. The molecule has 5 heteroatoms. The first kappa shape index (κ1) is 13.0. The summed E-state index contributed by atoms with van der Waals surface area (Å²) in [5.41, 5.74) is 7.11. The van der Waals surface area contributed by atoms with E-state index in [9.17, 15) is 4.79 Å². The number of hydrogen-bond acceptors (Lipinski definition) is 3. The first-order valence-electron chi connectivity index (χ1n) is 7.14. The van der Waals surface area contributed by atoms with Crippen molar-refractivity contribution in [2.75, 3.05) is 0 Å². The zero-order valence-corrected chi connectivity index (χ0v) is 11.4. The largest absolute Gasteiger partial charge is 0.380 e. The van der Waals surface area contributed by atoms with Gasteiger partial charge in [0.05, 0.1) is 17.0 Å². The molecule has 20 heavy (non-hydrogen) atoms. The molecule has 2 unspecified atom stereocenters. The van der Waals surface area contributed by atoms with Crippen LogP contribution in [0.2, 0.25) is 0 Å². The highest BCUT2D eigenvalue weighted by Crippen LogP contribution is 2.45. The fourth-order valence-electron chi connectivity index (χ4n) is 3.66. The van der Waals surface area contributed by atoms with E-state index in [2.05, 4.69) is 10.3 Å². The predicted octanol–water partition coefficient (Wildman–Crippen LogP) is 1.64. The Kier molecular flexibility index (Phi) is 3.34. The molecule has 0 saturated heterocycles. The van der Waals surface area contributed by atoms with Crippen LogP contribution in [-0.2, 0) is 4.79 Å². The van der Waals surface area contributed by atoms with E-state index >= 15 is 0 Å². The van der Waals surface area contributed by atoms with Crippen molar-refractivity contribution in [1.82, 2.24) is 10.3 Å². The summed E-state index contributed by atoms with van der Waals surface area (Å²) in [7, 11) is 0. The van der Waals surface area contributed by atoms with Gasteiger partial charge in [-0.1, -0.05) is 6.42 Å². The topological polar surface area (TPSA) is 94.8 Å². The minimum absolute atomic E-state index is 0.232. The molecule has 3 atom stereocenters. The number of carbonyl (C=O) groups is 1. The first-order valence-corrected chi connectivity index (χ1v) is 7.14.